The van der Waals surface area contributed by atoms with Crippen LogP contribution in [0.4, 0.5) is 0 Å². The van der Waals surface area contributed by atoms with Crippen molar-refractivity contribution in [2.45, 2.75) is 18.8 Å². The molecule has 2 rings (SSSR count). The molecule has 15 heavy (non-hydrogen) atoms. The van der Waals surface area contributed by atoms with E-state index in [1.807, 2.05) is 0 Å². The summed E-state index contributed by atoms with van der Waals surface area (Å²) < 4.78 is 5.43. The van der Waals surface area contributed by atoms with Crippen molar-refractivity contribution in [3.05, 3.63) is 27.7 Å². The van der Waals surface area contributed by atoms with E-state index < -0.39 is 5.97 Å². The number of phenols is 1. The summed E-state index contributed by atoms with van der Waals surface area (Å²) >= 11 is 3.40. The molecule has 1 aromatic carbocycles. The monoisotopic (exact) mass is 270 g/mol. The zero-order valence-electron chi connectivity index (χ0n) is 8.29. The summed E-state index contributed by atoms with van der Waals surface area (Å²) in [6.07, 6.45) is 2.30. The Morgan fingerprint density at radius 3 is 2.73 bits per heavy atom. The van der Waals surface area contributed by atoms with Crippen molar-refractivity contribution < 1.29 is 14.6 Å². The number of methoxy groups -OCH3 is 1. The average molecular weight is 271 g/mol. The molecule has 0 heterocycles. The number of halogens is 1. The van der Waals surface area contributed by atoms with Gasteiger partial charge in [0.15, 0.2) is 0 Å². The molecule has 1 aliphatic rings. The Balaban J connectivity index is 2.42. The van der Waals surface area contributed by atoms with Crippen molar-refractivity contribution in [3.8, 4) is 5.75 Å². The fourth-order valence-corrected chi connectivity index (χ4v) is 2.23. The maximum absolute atomic E-state index is 11.3. The van der Waals surface area contributed by atoms with Gasteiger partial charge in [-0.3, -0.25) is 0 Å². The molecule has 1 aliphatic carbocycles. The number of rotatable bonds is 2. The number of aromatic hydroxyl groups is 1. The number of hydrogen-bond donors (Lipinski definition) is 1. The van der Waals surface area contributed by atoms with Gasteiger partial charge in [-0.1, -0.05) is 15.9 Å². The Kier molecular flexibility index (Phi) is 2.69. The number of hydrogen-bond acceptors (Lipinski definition) is 3. The van der Waals surface area contributed by atoms with E-state index in [4.69, 9.17) is 0 Å². The van der Waals surface area contributed by atoms with Gasteiger partial charge in [0.25, 0.3) is 0 Å². The van der Waals surface area contributed by atoms with Crippen LogP contribution >= 0.6 is 15.9 Å². The maximum Gasteiger partial charge on any atom is 0.341 e. The van der Waals surface area contributed by atoms with Crippen LogP contribution in [0.2, 0.25) is 0 Å². The SMILES string of the molecule is COC(=O)c1cc(Br)c(C2CC2)cc1O. The summed E-state index contributed by atoms with van der Waals surface area (Å²) in [6, 6.07) is 3.27. The lowest BCUT2D eigenvalue weighted by atomic mass is 10.1. The van der Waals surface area contributed by atoms with Gasteiger partial charge in [-0.15, -0.1) is 0 Å². The standard InChI is InChI=1S/C11H11BrO3/c1-15-11(14)8-4-9(12)7(5-10(8)13)6-2-3-6/h4-6,13H,2-3H2,1H3. The summed E-state index contributed by atoms with van der Waals surface area (Å²) in [4.78, 5) is 11.3. The minimum atomic E-state index is -0.518. The number of carbonyl (C=O) groups excluding carboxylic acids is 1. The normalized spacial score (nSPS) is 15.1. The van der Waals surface area contributed by atoms with E-state index in [1.54, 1.807) is 12.1 Å². The van der Waals surface area contributed by atoms with Crippen molar-refractivity contribution in [1.29, 1.82) is 0 Å². The highest BCUT2D eigenvalue weighted by Crippen LogP contribution is 2.45. The molecule has 0 spiro atoms. The zero-order chi connectivity index (χ0) is 11.0. The first-order chi connectivity index (χ1) is 7.13. The van der Waals surface area contributed by atoms with Crippen molar-refractivity contribution in [2.24, 2.45) is 0 Å². The van der Waals surface area contributed by atoms with Crippen molar-refractivity contribution >= 4 is 21.9 Å². The van der Waals surface area contributed by atoms with Gasteiger partial charge in [0.1, 0.15) is 11.3 Å². The van der Waals surface area contributed by atoms with E-state index >= 15 is 0 Å². The molecule has 0 radical (unpaired) electrons. The number of esters is 1. The number of benzene rings is 1. The molecule has 0 unspecified atom stereocenters. The van der Waals surface area contributed by atoms with Gasteiger partial charge in [-0.25, -0.2) is 4.79 Å². The number of phenolic OH excluding ortho intramolecular Hbond substituents is 1. The second-order valence-corrected chi connectivity index (χ2v) is 4.51. The Labute approximate surface area is 96.2 Å². The number of carbonyl (C=O) groups is 1. The van der Waals surface area contributed by atoms with E-state index in [0.717, 1.165) is 22.9 Å². The van der Waals surface area contributed by atoms with Crippen LogP contribution in [0.1, 0.15) is 34.7 Å². The fraction of sp³-hybridized carbons (Fsp3) is 0.364. The first-order valence-electron chi connectivity index (χ1n) is 4.74. The summed E-state index contributed by atoms with van der Waals surface area (Å²) in [6.45, 7) is 0. The minimum Gasteiger partial charge on any atom is -0.507 e. The third kappa shape index (κ3) is 2.00. The van der Waals surface area contributed by atoms with Gasteiger partial charge in [0.2, 0.25) is 0 Å². The van der Waals surface area contributed by atoms with Crippen LogP contribution < -0.4 is 0 Å². The molecule has 0 amide bonds. The largest absolute Gasteiger partial charge is 0.507 e. The minimum absolute atomic E-state index is 0.00745. The Morgan fingerprint density at radius 2 is 2.20 bits per heavy atom. The molecule has 1 fully saturated rings. The van der Waals surface area contributed by atoms with E-state index in [-0.39, 0.29) is 11.3 Å². The maximum atomic E-state index is 11.3. The van der Waals surface area contributed by atoms with Crippen LogP contribution in [0.25, 0.3) is 0 Å². The molecule has 3 nitrogen and oxygen atoms in total. The summed E-state index contributed by atoms with van der Waals surface area (Å²) in [5, 5.41) is 9.67. The third-order valence-electron chi connectivity index (χ3n) is 2.54. The highest BCUT2D eigenvalue weighted by molar-refractivity contribution is 9.10. The Hall–Kier alpha value is -1.03. The lowest BCUT2D eigenvalue weighted by Gasteiger charge is -2.07. The topological polar surface area (TPSA) is 46.5 Å². The van der Waals surface area contributed by atoms with Gasteiger partial charge in [0, 0.05) is 4.47 Å². The van der Waals surface area contributed by atoms with E-state index in [2.05, 4.69) is 20.7 Å². The van der Waals surface area contributed by atoms with Gasteiger partial charge in [-0.05, 0) is 36.5 Å². The predicted molar refractivity (Wildman–Crippen MR) is 59.1 cm³/mol. The smallest absolute Gasteiger partial charge is 0.341 e. The van der Waals surface area contributed by atoms with Gasteiger partial charge in [0.05, 0.1) is 7.11 Å². The van der Waals surface area contributed by atoms with Crippen molar-refractivity contribution in [1.82, 2.24) is 0 Å². The summed E-state index contributed by atoms with van der Waals surface area (Å²) in [5.74, 6) is -0.000492. The fourth-order valence-electron chi connectivity index (χ4n) is 1.56. The van der Waals surface area contributed by atoms with Crippen LogP contribution in [0.5, 0.6) is 5.75 Å². The quantitative estimate of drug-likeness (QED) is 0.841. The van der Waals surface area contributed by atoms with Crippen LogP contribution in [-0.4, -0.2) is 18.2 Å². The second-order valence-electron chi connectivity index (χ2n) is 3.66. The molecule has 80 valence electrons. The molecule has 0 atom stereocenters. The molecule has 1 aromatic rings. The van der Waals surface area contributed by atoms with Gasteiger partial charge >= 0.3 is 5.97 Å². The predicted octanol–water partition coefficient (Wildman–Crippen LogP) is 2.82. The first kappa shape index (κ1) is 10.5. The van der Waals surface area contributed by atoms with Crippen LogP contribution in [-0.2, 0) is 4.74 Å². The van der Waals surface area contributed by atoms with E-state index in [0.29, 0.717) is 5.92 Å². The highest BCUT2D eigenvalue weighted by Gasteiger charge is 2.27. The molecule has 0 saturated heterocycles. The lowest BCUT2D eigenvalue weighted by Crippen LogP contribution is -2.02. The van der Waals surface area contributed by atoms with Crippen LogP contribution in [0.15, 0.2) is 16.6 Å². The average Bonchev–Trinajstić information content (AvgIpc) is 3.03. The van der Waals surface area contributed by atoms with Gasteiger partial charge in [-0.2, -0.15) is 0 Å². The first-order valence-corrected chi connectivity index (χ1v) is 5.53. The van der Waals surface area contributed by atoms with E-state index in [9.17, 15) is 9.90 Å². The van der Waals surface area contributed by atoms with Crippen LogP contribution in [0.3, 0.4) is 0 Å². The number of ether oxygens (including phenoxy) is 1. The Morgan fingerprint density at radius 1 is 1.53 bits per heavy atom. The van der Waals surface area contributed by atoms with Crippen molar-refractivity contribution in [3.63, 3.8) is 0 Å². The lowest BCUT2D eigenvalue weighted by molar-refractivity contribution is 0.0597. The highest BCUT2D eigenvalue weighted by atomic mass is 79.9. The molecule has 0 aliphatic heterocycles. The molecular formula is C11H11BrO3. The molecule has 0 bridgehead atoms. The molecule has 0 aromatic heterocycles. The molecule has 4 heteroatoms. The molecular weight excluding hydrogens is 260 g/mol. The molecule has 1 N–H and O–H groups in total. The summed E-state index contributed by atoms with van der Waals surface area (Å²) in [5.41, 5.74) is 1.27. The van der Waals surface area contributed by atoms with E-state index in [1.165, 1.54) is 7.11 Å². The second kappa shape index (κ2) is 3.85. The van der Waals surface area contributed by atoms with Gasteiger partial charge < -0.3 is 9.84 Å². The van der Waals surface area contributed by atoms with Crippen molar-refractivity contribution in [2.75, 3.05) is 7.11 Å². The summed E-state index contributed by atoms with van der Waals surface area (Å²) in [7, 11) is 1.30. The zero-order valence-corrected chi connectivity index (χ0v) is 9.87. The molecule has 1 saturated carbocycles. The van der Waals surface area contributed by atoms with Crippen LogP contribution in [0, 0.1) is 0 Å². The Bertz CT molecular complexity index is 411. The third-order valence-corrected chi connectivity index (χ3v) is 3.22.